The Morgan fingerprint density at radius 3 is 2.67 bits per heavy atom. The molecule has 0 fully saturated rings. The van der Waals surface area contributed by atoms with Crippen molar-refractivity contribution in [1.29, 1.82) is 0 Å². The van der Waals surface area contributed by atoms with Gasteiger partial charge in [-0.15, -0.1) is 5.10 Å². The lowest BCUT2D eigenvalue weighted by atomic mass is 10.1. The van der Waals surface area contributed by atoms with Crippen LogP contribution in [0.5, 0.6) is 5.75 Å². The Bertz CT molecular complexity index is 731. The quantitative estimate of drug-likeness (QED) is 0.794. The molecule has 0 atom stereocenters. The van der Waals surface area contributed by atoms with Crippen LogP contribution in [0.2, 0.25) is 0 Å². The Labute approximate surface area is 122 Å². The number of rotatable bonds is 4. The van der Waals surface area contributed by atoms with Gasteiger partial charge in [0.1, 0.15) is 12.4 Å². The highest BCUT2D eigenvalue weighted by Crippen LogP contribution is 2.22. The zero-order valence-electron chi connectivity index (χ0n) is 11.3. The van der Waals surface area contributed by atoms with E-state index in [2.05, 4.69) is 15.2 Å². The van der Waals surface area contributed by atoms with Crippen molar-refractivity contribution in [2.75, 3.05) is 5.73 Å². The van der Waals surface area contributed by atoms with Crippen molar-refractivity contribution >= 4 is 5.95 Å². The first kappa shape index (κ1) is 13.1. The minimum absolute atomic E-state index is 0.156. The smallest absolute Gasteiger partial charge is 0.240 e. The minimum Gasteiger partial charge on any atom is -0.489 e. The molecule has 0 saturated carbocycles. The van der Waals surface area contributed by atoms with Gasteiger partial charge in [-0.2, -0.15) is 5.10 Å². The molecule has 3 aromatic rings. The summed E-state index contributed by atoms with van der Waals surface area (Å²) in [4.78, 5) is 4.15. The van der Waals surface area contributed by atoms with Crippen LogP contribution in [0, 0.1) is 0 Å². The molecule has 1 aromatic heterocycles. The molecule has 0 saturated heterocycles. The number of hydrogen-bond donors (Lipinski definition) is 1. The second-order valence-electron chi connectivity index (χ2n) is 4.50. The van der Waals surface area contributed by atoms with Gasteiger partial charge in [-0.3, -0.25) is 0 Å². The van der Waals surface area contributed by atoms with E-state index in [-0.39, 0.29) is 5.95 Å². The second-order valence-corrected chi connectivity index (χ2v) is 4.50. The van der Waals surface area contributed by atoms with Crippen molar-refractivity contribution < 1.29 is 4.74 Å². The highest BCUT2D eigenvalue weighted by Gasteiger charge is 2.03. The van der Waals surface area contributed by atoms with Crippen LogP contribution in [0.25, 0.3) is 11.3 Å². The summed E-state index contributed by atoms with van der Waals surface area (Å²) in [6, 6.07) is 17.7. The maximum absolute atomic E-state index is 5.79. The number of nitrogens with zero attached hydrogens (tertiary/aromatic N) is 3. The first-order chi connectivity index (χ1) is 10.3. The van der Waals surface area contributed by atoms with Gasteiger partial charge in [-0.1, -0.05) is 42.5 Å². The summed E-state index contributed by atoms with van der Waals surface area (Å²) in [5, 5.41) is 7.45. The van der Waals surface area contributed by atoms with Gasteiger partial charge in [0.25, 0.3) is 0 Å². The van der Waals surface area contributed by atoms with Gasteiger partial charge in [0.15, 0.2) is 0 Å². The van der Waals surface area contributed by atoms with Crippen molar-refractivity contribution in [3.63, 3.8) is 0 Å². The van der Waals surface area contributed by atoms with E-state index in [4.69, 9.17) is 10.5 Å². The topological polar surface area (TPSA) is 73.9 Å². The predicted molar refractivity (Wildman–Crippen MR) is 80.4 cm³/mol. The molecule has 0 radical (unpaired) electrons. The Balaban J connectivity index is 1.77. The molecule has 1 heterocycles. The monoisotopic (exact) mass is 278 g/mol. The van der Waals surface area contributed by atoms with Gasteiger partial charge in [0.05, 0.1) is 11.9 Å². The molecule has 21 heavy (non-hydrogen) atoms. The SMILES string of the molecule is Nc1nncc(-c2cccc(OCc3ccccc3)c2)n1. The van der Waals surface area contributed by atoms with E-state index in [1.165, 1.54) is 0 Å². The average Bonchev–Trinajstić information content (AvgIpc) is 2.54. The van der Waals surface area contributed by atoms with Crippen LogP contribution in [0.1, 0.15) is 5.56 Å². The van der Waals surface area contributed by atoms with E-state index in [1.54, 1.807) is 6.20 Å². The van der Waals surface area contributed by atoms with Crippen LogP contribution >= 0.6 is 0 Å². The van der Waals surface area contributed by atoms with Gasteiger partial charge in [0, 0.05) is 5.56 Å². The second kappa shape index (κ2) is 6.00. The molecule has 5 heteroatoms. The number of hydrogen-bond acceptors (Lipinski definition) is 5. The fraction of sp³-hybridized carbons (Fsp3) is 0.0625. The number of anilines is 1. The highest BCUT2D eigenvalue weighted by molar-refractivity contribution is 5.60. The van der Waals surface area contributed by atoms with E-state index in [0.29, 0.717) is 12.3 Å². The summed E-state index contributed by atoms with van der Waals surface area (Å²) >= 11 is 0. The van der Waals surface area contributed by atoms with Crippen LogP contribution in [0.4, 0.5) is 5.95 Å². The van der Waals surface area contributed by atoms with Crippen molar-refractivity contribution in [2.45, 2.75) is 6.61 Å². The lowest BCUT2D eigenvalue weighted by molar-refractivity contribution is 0.306. The zero-order valence-corrected chi connectivity index (χ0v) is 11.3. The Hall–Kier alpha value is -2.95. The molecule has 0 aliphatic rings. The standard InChI is InChI=1S/C16H14N4O/c17-16-19-15(10-18-20-16)13-7-4-8-14(9-13)21-11-12-5-2-1-3-6-12/h1-10H,11H2,(H2,17,19,20). The summed E-state index contributed by atoms with van der Waals surface area (Å²) in [5.41, 5.74) is 8.24. The molecule has 0 aliphatic carbocycles. The summed E-state index contributed by atoms with van der Waals surface area (Å²) in [5.74, 6) is 0.927. The van der Waals surface area contributed by atoms with Gasteiger partial charge >= 0.3 is 0 Å². The number of aromatic nitrogens is 3. The fourth-order valence-corrected chi connectivity index (χ4v) is 1.94. The molecule has 3 rings (SSSR count). The molecule has 2 N–H and O–H groups in total. The van der Waals surface area contributed by atoms with E-state index in [0.717, 1.165) is 16.9 Å². The van der Waals surface area contributed by atoms with Crippen molar-refractivity contribution in [2.24, 2.45) is 0 Å². The Morgan fingerprint density at radius 1 is 1.00 bits per heavy atom. The van der Waals surface area contributed by atoms with Gasteiger partial charge in [-0.25, -0.2) is 4.98 Å². The maximum atomic E-state index is 5.79. The van der Waals surface area contributed by atoms with E-state index >= 15 is 0 Å². The Kier molecular flexibility index (Phi) is 3.73. The molecule has 0 amide bonds. The molecule has 104 valence electrons. The molecule has 2 aromatic carbocycles. The highest BCUT2D eigenvalue weighted by atomic mass is 16.5. The average molecular weight is 278 g/mol. The van der Waals surface area contributed by atoms with E-state index in [9.17, 15) is 0 Å². The van der Waals surface area contributed by atoms with Crippen LogP contribution in [-0.4, -0.2) is 15.2 Å². The van der Waals surface area contributed by atoms with E-state index < -0.39 is 0 Å². The molecular weight excluding hydrogens is 264 g/mol. The summed E-state index contributed by atoms with van der Waals surface area (Å²) in [6.07, 6.45) is 1.58. The third kappa shape index (κ3) is 3.33. The van der Waals surface area contributed by atoms with E-state index in [1.807, 2.05) is 54.6 Å². The number of benzene rings is 2. The number of nitrogen functional groups attached to an aromatic ring is 1. The first-order valence-electron chi connectivity index (χ1n) is 6.53. The molecule has 0 unspecified atom stereocenters. The van der Waals surface area contributed by atoms with Crippen LogP contribution in [0.15, 0.2) is 60.8 Å². The van der Waals surface area contributed by atoms with Crippen molar-refractivity contribution in [3.8, 4) is 17.0 Å². The predicted octanol–water partition coefficient (Wildman–Crippen LogP) is 2.70. The first-order valence-corrected chi connectivity index (χ1v) is 6.53. The zero-order chi connectivity index (χ0) is 14.5. The normalized spacial score (nSPS) is 10.3. The van der Waals surface area contributed by atoms with Crippen molar-refractivity contribution in [1.82, 2.24) is 15.2 Å². The largest absolute Gasteiger partial charge is 0.489 e. The maximum Gasteiger partial charge on any atom is 0.240 e. The fourth-order valence-electron chi connectivity index (χ4n) is 1.94. The number of ether oxygens (including phenoxy) is 1. The third-order valence-electron chi connectivity index (χ3n) is 2.95. The summed E-state index contributed by atoms with van der Waals surface area (Å²) < 4.78 is 5.79. The lowest BCUT2D eigenvalue weighted by Crippen LogP contribution is -1.98. The van der Waals surface area contributed by atoms with Crippen LogP contribution < -0.4 is 10.5 Å². The summed E-state index contributed by atoms with van der Waals surface area (Å²) in [6.45, 7) is 0.522. The molecule has 0 bridgehead atoms. The summed E-state index contributed by atoms with van der Waals surface area (Å²) in [7, 11) is 0. The molecule has 0 aliphatic heterocycles. The number of nitrogens with two attached hydrogens (primary N) is 1. The molecule has 0 spiro atoms. The molecular formula is C16H14N4O. The Morgan fingerprint density at radius 2 is 1.86 bits per heavy atom. The van der Waals surface area contributed by atoms with Gasteiger partial charge in [0.2, 0.25) is 5.95 Å². The van der Waals surface area contributed by atoms with Crippen LogP contribution in [-0.2, 0) is 6.61 Å². The minimum atomic E-state index is 0.156. The lowest BCUT2D eigenvalue weighted by Gasteiger charge is -2.08. The van der Waals surface area contributed by atoms with Gasteiger partial charge in [-0.05, 0) is 17.7 Å². The third-order valence-corrected chi connectivity index (χ3v) is 2.95. The van der Waals surface area contributed by atoms with Crippen molar-refractivity contribution in [3.05, 3.63) is 66.4 Å². The molecule has 5 nitrogen and oxygen atoms in total. The van der Waals surface area contributed by atoms with Gasteiger partial charge < -0.3 is 10.5 Å². The van der Waals surface area contributed by atoms with Crippen LogP contribution in [0.3, 0.4) is 0 Å².